The van der Waals surface area contributed by atoms with Crippen LogP contribution in [0.5, 0.6) is 0 Å². The van der Waals surface area contributed by atoms with Gasteiger partial charge in [-0.25, -0.2) is 4.98 Å². The molecule has 0 saturated heterocycles. The first kappa shape index (κ1) is 19.5. The normalized spacial score (nSPS) is 10.5. The number of anilines is 2. The van der Waals surface area contributed by atoms with Crippen molar-refractivity contribution in [1.82, 2.24) is 4.98 Å². The van der Waals surface area contributed by atoms with E-state index < -0.39 is 4.92 Å². The van der Waals surface area contributed by atoms with Crippen molar-refractivity contribution in [1.29, 1.82) is 0 Å². The molecule has 3 aromatic rings. The van der Waals surface area contributed by atoms with Crippen molar-refractivity contribution in [3.05, 3.63) is 70.4 Å². The van der Waals surface area contributed by atoms with E-state index in [2.05, 4.69) is 22.5 Å². The van der Waals surface area contributed by atoms with Crippen molar-refractivity contribution in [3.8, 4) is 11.1 Å². The third kappa shape index (κ3) is 4.72. The lowest BCUT2D eigenvalue weighted by Gasteiger charge is -2.13. The first-order valence-corrected chi connectivity index (χ1v) is 9.75. The highest BCUT2D eigenvalue weighted by molar-refractivity contribution is 7.18. The Morgan fingerprint density at radius 1 is 1.21 bits per heavy atom. The van der Waals surface area contributed by atoms with Crippen molar-refractivity contribution in [2.75, 3.05) is 17.2 Å². The van der Waals surface area contributed by atoms with Crippen LogP contribution in [0.1, 0.15) is 30.1 Å². The molecule has 28 heavy (non-hydrogen) atoms. The molecule has 0 aliphatic rings. The third-order valence-corrected chi connectivity index (χ3v) is 4.97. The molecule has 0 aliphatic carbocycles. The summed E-state index contributed by atoms with van der Waals surface area (Å²) in [6.45, 7) is 2.99. The largest absolute Gasteiger partial charge is 0.385 e. The quantitative estimate of drug-likeness (QED) is 0.310. The van der Waals surface area contributed by atoms with Gasteiger partial charge in [0.05, 0.1) is 4.92 Å². The highest BCUT2D eigenvalue weighted by Gasteiger charge is 2.17. The summed E-state index contributed by atoms with van der Waals surface area (Å²) in [5.41, 5.74) is 3.11. The first-order valence-electron chi connectivity index (χ1n) is 8.93. The molecule has 0 fully saturated rings. The third-order valence-electron chi connectivity index (χ3n) is 4.10. The van der Waals surface area contributed by atoms with Crippen LogP contribution in [-0.4, -0.2) is 22.4 Å². The first-order chi connectivity index (χ1) is 13.6. The number of carbonyl (C=O) groups is 1. The van der Waals surface area contributed by atoms with Crippen LogP contribution in [0.25, 0.3) is 11.1 Å². The van der Waals surface area contributed by atoms with Crippen LogP contribution in [-0.2, 0) is 0 Å². The zero-order valence-electron chi connectivity index (χ0n) is 15.3. The van der Waals surface area contributed by atoms with Gasteiger partial charge in [0.15, 0.2) is 5.13 Å². The monoisotopic (exact) mass is 396 g/mol. The maximum absolute atomic E-state index is 12.8. The molecule has 0 aliphatic heterocycles. The van der Waals surface area contributed by atoms with E-state index >= 15 is 0 Å². The summed E-state index contributed by atoms with van der Waals surface area (Å²) in [5.74, 6) is -0.358. The molecular weight excluding hydrogens is 376 g/mol. The van der Waals surface area contributed by atoms with Gasteiger partial charge >= 0.3 is 5.00 Å². The molecular formula is C20H20N4O3S. The number of hydrogen-bond acceptors (Lipinski definition) is 6. The zero-order valence-corrected chi connectivity index (χ0v) is 16.2. The lowest BCUT2D eigenvalue weighted by molar-refractivity contribution is -0.380. The fraction of sp³-hybridized carbons (Fsp3) is 0.200. The smallest absolute Gasteiger partial charge is 0.345 e. The number of thiazole rings is 1. The molecule has 0 bridgehead atoms. The number of aromatic nitrogens is 1. The van der Waals surface area contributed by atoms with Crippen molar-refractivity contribution >= 4 is 33.1 Å². The molecule has 1 aromatic heterocycles. The molecule has 144 valence electrons. The predicted octanol–water partition coefficient (Wildman–Crippen LogP) is 5.18. The van der Waals surface area contributed by atoms with E-state index in [9.17, 15) is 14.9 Å². The maximum Gasteiger partial charge on any atom is 0.345 e. The second-order valence-electron chi connectivity index (χ2n) is 6.12. The van der Waals surface area contributed by atoms with E-state index in [1.807, 2.05) is 42.5 Å². The molecule has 0 unspecified atom stereocenters. The van der Waals surface area contributed by atoms with Gasteiger partial charge in [0.25, 0.3) is 5.91 Å². The van der Waals surface area contributed by atoms with E-state index in [4.69, 9.17) is 0 Å². The number of carbonyl (C=O) groups excluding carboxylic acids is 1. The molecule has 2 N–H and O–H groups in total. The molecule has 0 saturated carbocycles. The summed E-state index contributed by atoms with van der Waals surface area (Å²) in [4.78, 5) is 27.0. The minimum atomic E-state index is -0.528. The molecule has 2 aromatic carbocycles. The Labute approximate surface area is 166 Å². The van der Waals surface area contributed by atoms with Gasteiger partial charge in [-0.05, 0) is 47.1 Å². The summed E-state index contributed by atoms with van der Waals surface area (Å²) in [6, 6.07) is 15.2. The minimum Gasteiger partial charge on any atom is -0.385 e. The zero-order chi connectivity index (χ0) is 19.9. The van der Waals surface area contributed by atoms with E-state index in [0.29, 0.717) is 5.56 Å². The topological polar surface area (TPSA) is 97.2 Å². The Bertz CT molecular complexity index is 973. The average Bonchev–Trinajstić information content (AvgIpc) is 3.17. The van der Waals surface area contributed by atoms with Crippen LogP contribution in [0.3, 0.4) is 0 Å². The number of nitro groups is 1. The van der Waals surface area contributed by atoms with Crippen LogP contribution < -0.4 is 10.6 Å². The highest BCUT2D eigenvalue weighted by atomic mass is 32.1. The number of unbranched alkanes of at least 4 members (excludes halogenated alkanes) is 1. The Morgan fingerprint density at radius 3 is 2.68 bits per heavy atom. The van der Waals surface area contributed by atoms with E-state index in [-0.39, 0.29) is 16.0 Å². The van der Waals surface area contributed by atoms with E-state index in [1.165, 1.54) is 0 Å². The molecule has 8 heteroatoms. The fourth-order valence-electron chi connectivity index (χ4n) is 2.69. The van der Waals surface area contributed by atoms with Crippen molar-refractivity contribution in [2.45, 2.75) is 19.8 Å². The van der Waals surface area contributed by atoms with Crippen molar-refractivity contribution < 1.29 is 9.72 Å². The molecule has 1 heterocycles. The molecule has 3 rings (SSSR count). The highest BCUT2D eigenvalue weighted by Crippen LogP contribution is 2.29. The lowest BCUT2D eigenvalue weighted by Crippen LogP contribution is -2.13. The summed E-state index contributed by atoms with van der Waals surface area (Å²) in [6.07, 6.45) is 3.30. The van der Waals surface area contributed by atoms with Crippen LogP contribution in [0.4, 0.5) is 15.8 Å². The van der Waals surface area contributed by atoms with Gasteiger partial charge in [-0.15, -0.1) is 0 Å². The number of hydrogen-bond donors (Lipinski definition) is 2. The van der Waals surface area contributed by atoms with Crippen LogP contribution >= 0.6 is 11.3 Å². The second kappa shape index (κ2) is 9.09. The van der Waals surface area contributed by atoms with Crippen LogP contribution in [0.15, 0.2) is 54.7 Å². The van der Waals surface area contributed by atoms with Gasteiger partial charge in [-0.1, -0.05) is 43.7 Å². The average molecular weight is 396 g/mol. The number of nitrogens with one attached hydrogen (secondary N) is 2. The molecule has 0 spiro atoms. The Morgan fingerprint density at radius 2 is 2.00 bits per heavy atom. The van der Waals surface area contributed by atoms with Gasteiger partial charge in [0.1, 0.15) is 6.20 Å². The molecule has 0 radical (unpaired) electrons. The molecule has 1 amide bonds. The Hall–Kier alpha value is -3.26. The second-order valence-corrected chi connectivity index (χ2v) is 7.13. The number of rotatable bonds is 8. The fourth-order valence-corrected chi connectivity index (χ4v) is 3.32. The maximum atomic E-state index is 12.8. The predicted molar refractivity (Wildman–Crippen MR) is 112 cm³/mol. The van der Waals surface area contributed by atoms with E-state index in [0.717, 1.165) is 53.7 Å². The number of amides is 1. The number of benzene rings is 2. The van der Waals surface area contributed by atoms with Gasteiger partial charge in [-0.3, -0.25) is 20.2 Å². The Kier molecular flexibility index (Phi) is 6.33. The standard InChI is InChI=1S/C20H20N4O3S/c1-2-3-11-21-15-9-10-16(17(12-15)14-7-5-4-6-8-14)19(25)23-20-22-13-18(28-20)24(26)27/h4-10,12-13,21H,2-3,11H2,1H3,(H,22,23,25). The van der Waals surface area contributed by atoms with E-state index in [1.54, 1.807) is 6.07 Å². The SMILES string of the molecule is CCCCNc1ccc(C(=O)Nc2ncc([N+](=O)[O-])s2)c(-c2ccccc2)c1. The summed E-state index contributed by atoms with van der Waals surface area (Å²) < 4.78 is 0. The summed E-state index contributed by atoms with van der Waals surface area (Å²) >= 11 is 0.828. The number of nitrogens with zero attached hydrogens (tertiary/aromatic N) is 2. The van der Waals surface area contributed by atoms with Crippen molar-refractivity contribution in [3.63, 3.8) is 0 Å². The summed E-state index contributed by atoms with van der Waals surface area (Å²) in [7, 11) is 0. The molecule has 7 nitrogen and oxygen atoms in total. The van der Waals surface area contributed by atoms with Gasteiger partial charge < -0.3 is 5.32 Å². The molecule has 0 atom stereocenters. The van der Waals surface area contributed by atoms with Crippen LogP contribution in [0, 0.1) is 10.1 Å². The minimum absolute atomic E-state index is 0.117. The van der Waals surface area contributed by atoms with Gasteiger partial charge in [0, 0.05) is 17.8 Å². The van der Waals surface area contributed by atoms with Crippen LogP contribution in [0.2, 0.25) is 0 Å². The van der Waals surface area contributed by atoms with Gasteiger partial charge in [0.2, 0.25) is 0 Å². The van der Waals surface area contributed by atoms with Gasteiger partial charge in [-0.2, -0.15) is 0 Å². The summed E-state index contributed by atoms with van der Waals surface area (Å²) in [5, 5.41) is 16.9. The van der Waals surface area contributed by atoms with Crippen molar-refractivity contribution in [2.24, 2.45) is 0 Å². The Balaban J connectivity index is 1.89. The lowest BCUT2D eigenvalue weighted by atomic mass is 9.98.